The van der Waals surface area contributed by atoms with Crippen molar-refractivity contribution in [1.82, 2.24) is 10.2 Å². The number of nitrogens with zero attached hydrogens (tertiary/aromatic N) is 1. The maximum absolute atomic E-state index is 9.71. The number of rotatable bonds is 8. The van der Waals surface area contributed by atoms with Gasteiger partial charge in [-0.25, -0.2) is 0 Å². The van der Waals surface area contributed by atoms with Crippen LogP contribution < -0.4 is 5.32 Å². The number of hydrogen-bond donors (Lipinski definition) is 2. The van der Waals surface area contributed by atoms with E-state index >= 15 is 0 Å². The molecule has 0 radical (unpaired) electrons. The predicted octanol–water partition coefficient (Wildman–Crippen LogP) is 2.50. The van der Waals surface area contributed by atoms with E-state index in [0.717, 1.165) is 19.0 Å². The average Bonchev–Trinajstić information content (AvgIpc) is 2.38. The van der Waals surface area contributed by atoms with Gasteiger partial charge in [0.15, 0.2) is 0 Å². The molecule has 19 heavy (non-hydrogen) atoms. The van der Waals surface area contributed by atoms with Crippen LogP contribution in [0.5, 0.6) is 0 Å². The third-order valence-corrected chi connectivity index (χ3v) is 4.60. The van der Waals surface area contributed by atoms with Gasteiger partial charge in [-0.05, 0) is 39.3 Å². The molecular weight excluding hydrogens is 236 g/mol. The summed E-state index contributed by atoms with van der Waals surface area (Å²) in [7, 11) is 4.33. The first-order valence-corrected chi connectivity index (χ1v) is 7.97. The predicted molar refractivity (Wildman–Crippen MR) is 82.4 cm³/mol. The molecule has 0 saturated heterocycles. The smallest absolute Gasteiger partial charge is 0.0499 e. The second kappa shape index (κ2) is 8.23. The Labute approximate surface area is 119 Å². The van der Waals surface area contributed by atoms with E-state index in [0.29, 0.717) is 12.6 Å². The molecule has 0 spiro atoms. The van der Waals surface area contributed by atoms with Crippen LogP contribution in [0, 0.1) is 11.3 Å². The van der Waals surface area contributed by atoms with Gasteiger partial charge in [-0.1, -0.05) is 33.1 Å². The maximum Gasteiger partial charge on any atom is 0.0499 e. The quantitative estimate of drug-likeness (QED) is 0.711. The van der Waals surface area contributed by atoms with Gasteiger partial charge in [0.2, 0.25) is 0 Å². The lowest BCUT2D eigenvalue weighted by Gasteiger charge is -2.37. The van der Waals surface area contributed by atoms with Gasteiger partial charge in [-0.2, -0.15) is 0 Å². The zero-order valence-corrected chi connectivity index (χ0v) is 13.4. The van der Waals surface area contributed by atoms with Crippen LogP contribution in [0.15, 0.2) is 0 Å². The van der Waals surface area contributed by atoms with Gasteiger partial charge in [0, 0.05) is 31.2 Å². The van der Waals surface area contributed by atoms with Gasteiger partial charge in [0.1, 0.15) is 0 Å². The van der Waals surface area contributed by atoms with Crippen molar-refractivity contribution in [3.8, 4) is 0 Å². The molecule has 1 rings (SSSR count). The van der Waals surface area contributed by atoms with E-state index in [4.69, 9.17) is 0 Å². The summed E-state index contributed by atoms with van der Waals surface area (Å²) in [4.78, 5) is 2.32. The normalized spacial score (nSPS) is 21.0. The number of nitrogens with one attached hydrogen (secondary N) is 1. The SMILES string of the molecule is CC(C)CC(CNCC1(CO)CCCCC1)N(C)C. The summed E-state index contributed by atoms with van der Waals surface area (Å²) in [5, 5.41) is 13.3. The van der Waals surface area contributed by atoms with Crippen LogP contribution in [0.3, 0.4) is 0 Å². The van der Waals surface area contributed by atoms with E-state index in [-0.39, 0.29) is 5.41 Å². The minimum Gasteiger partial charge on any atom is -0.396 e. The lowest BCUT2D eigenvalue weighted by Crippen LogP contribution is -2.44. The van der Waals surface area contributed by atoms with E-state index in [1.165, 1.54) is 38.5 Å². The summed E-state index contributed by atoms with van der Waals surface area (Å²) < 4.78 is 0. The number of aliphatic hydroxyl groups is 1. The van der Waals surface area contributed by atoms with E-state index in [1.807, 2.05) is 0 Å². The summed E-state index contributed by atoms with van der Waals surface area (Å²) in [6.07, 6.45) is 7.51. The summed E-state index contributed by atoms with van der Waals surface area (Å²) in [6.45, 7) is 6.93. The second-order valence-corrected chi connectivity index (χ2v) is 7.10. The minimum atomic E-state index is 0.160. The van der Waals surface area contributed by atoms with E-state index in [1.54, 1.807) is 0 Å². The highest BCUT2D eigenvalue weighted by atomic mass is 16.3. The molecule has 0 heterocycles. The number of likely N-dealkylation sites (N-methyl/N-ethyl adjacent to an activating group) is 1. The van der Waals surface area contributed by atoms with E-state index < -0.39 is 0 Å². The van der Waals surface area contributed by atoms with Gasteiger partial charge in [-0.3, -0.25) is 0 Å². The van der Waals surface area contributed by atoms with Crippen molar-refractivity contribution in [3.05, 3.63) is 0 Å². The lowest BCUT2D eigenvalue weighted by atomic mass is 9.74. The highest BCUT2D eigenvalue weighted by Gasteiger charge is 2.31. The van der Waals surface area contributed by atoms with Gasteiger partial charge in [-0.15, -0.1) is 0 Å². The van der Waals surface area contributed by atoms with Crippen LogP contribution >= 0.6 is 0 Å². The molecule has 0 bridgehead atoms. The van der Waals surface area contributed by atoms with Crippen molar-refractivity contribution in [1.29, 1.82) is 0 Å². The molecule has 0 aromatic rings. The molecule has 0 amide bonds. The first-order valence-electron chi connectivity index (χ1n) is 7.97. The van der Waals surface area contributed by atoms with Gasteiger partial charge >= 0.3 is 0 Å². The summed E-state index contributed by atoms with van der Waals surface area (Å²) in [6, 6.07) is 0.597. The number of aliphatic hydroxyl groups excluding tert-OH is 1. The second-order valence-electron chi connectivity index (χ2n) is 7.10. The fourth-order valence-electron chi connectivity index (χ4n) is 3.22. The Balaban J connectivity index is 2.37. The molecule has 0 aliphatic heterocycles. The van der Waals surface area contributed by atoms with Crippen LogP contribution in [0.1, 0.15) is 52.4 Å². The Morgan fingerprint density at radius 1 is 1.16 bits per heavy atom. The summed E-state index contributed by atoms with van der Waals surface area (Å²) in [5.74, 6) is 0.732. The topological polar surface area (TPSA) is 35.5 Å². The number of hydrogen-bond acceptors (Lipinski definition) is 3. The van der Waals surface area contributed by atoms with Crippen LogP contribution in [0.4, 0.5) is 0 Å². The third-order valence-electron chi connectivity index (χ3n) is 4.60. The monoisotopic (exact) mass is 270 g/mol. The van der Waals surface area contributed by atoms with Crippen molar-refractivity contribution in [2.45, 2.75) is 58.4 Å². The molecule has 0 aromatic heterocycles. The standard InChI is InChI=1S/C16H34N2O/c1-14(2)10-15(18(3)4)11-17-12-16(13-19)8-6-5-7-9-16/h14-15,17,19H,5-13H2,1-4H3. The highest BCUT2D eigenvalue weighted by molar-refractivity contribution is 4.85. The fourth-order valence-corrected chi connectivity index (χ4v) is 3.22. The van der Waals surface area contributed by atoms with Gasteiger partial charge in [0.25, 0.3) is 0 Å². The Bertz CT molecular complexity index is 235. The largest absolute Gasteiger partial charge is 0.396 e. The van der Waals surface area contributed by atoms with Crippen LogP contribution in [-0.4, -0.2) is 49.8 Å². The average molecular weight is 270 g/mol. The van der Waals surface area contributed by atoms with Gasteiger partial charge in [0.05, 0.1) is 0 Å². The third kappa shape index (κ3) is 5.80. The lowest BCUT2D eigenvalue weighted by molar-refractivity contribution is 0.0789. The Morgan fingerprint density at radius 3 is 2.26 bits per heavy atom. The fraction of sp³-hybridized carbons (Fsp3) is 1.00. The van der Waals surface area contributed by atoms with Crippen molar-refractivity contribution in [2.75, 3.05) is 33.8 Å². The van der Waals surface area contributed by atoms with E-state index in [2.05, 4.69) is 38.2 Å². The van der Waals surface area contributed by atoms with Crippen molar-refractivity contribution < 1.29 is 5.11 Å². The maximum atomic E-state index is 9.71. The summed E-state index contributed by atoms with van der Waals surface area (Å²) >= 11 is 0. The first-order chi connectivity index (χ1) is 8.99. The van der Waals surface area contributed by atoms with Crippen molar-refractivity contribution >= 4 is 0 Å². The molecule has 3 heteroatoms. The van der Waals surface area contributed by atoms with Crippen molar-refractivity contribution in [2.24, 2.45) is 11.3 Å². The molecule has 1 fully saturated rings. The molecule has 1 aliphatic rings. The molecule has 0 aromatic carbocycles. The molecule has 1 atom stereocenters. The zero-order chi connectivity index (χ0) is 14.3. The van der Waals surface area contributed by atoms with Crippen LogP contribution in [0.25, 0.3) is 0 Å². The van der Waals surface area contributed by atoms with E-state index in [9.17, 15) is 5.11 Å². The summed E-state index contributed by atoms with van der Waals surface area (Å²) in [5.41, 5.74) is 0.160. The molecule has 1 aliphatic carbocycles. The molecule has 1 unspecified atom stereocenters. The van der Waals surface area contributed by atoms with Crippen LogP contribution in [-0.2, 0) is 0 Å². The van der Waals surface area contributed by atoms with Crippen molar-refractivity contribution in [3.63, 3.8) is 0 Å². The molecule has 3 nitrogen and oxygen atoms in total. The minimum absolute atomic E-state index is 0.160. The highest BCUT2D eigenvalue weighted by Crippen LogP contribution is 2.35. The molecule has 114 valence electrons. The molecular formula is C16H34N2O. The Morgan fingerprint density at radius 2 is 1.79 bits per heavy atom. The van der Waals surface area contributed by atoms with Crippen LogP contribution in [0.2, 0.25) is 0 Å². The first kappa shape index (κ1) is 16.9. The van der Waals surface area contributed by atoms with Gasteiger partial charge < -0.3 is 15.3 Å². The molecule has 1 saturated carbocycles. The Kier molecular flexibility index (Phi) is 7.33. The molecule has 2 N–H and O–H groups in total. The zero-order valence-electron chi connectivity index (χ0n) is 13.4. The Hall–Kier alpha value is -0.120.